The first-order chi connectivity index (χ1) is 4.83. The Bertz CT molecular complexity index is 218. The zero-order chi connectivity index (χ0) is 7.40. The number of ether oxygens (including phenoxy) is 1. The molecular weight excluding hydrogens is 127 g/mol. The number of carbonyl (C=O) groups is 1. The van der Waals surface area contributed by atoms with Gasteiger partial charge in [-0.25, -0.2) is 0 Å². The summed E-state index contributed by atoms with van der Waals surface area (Å²) in [6, 6.07) is 6.59. The van der Waals surface area contributed by atoms with Crippen LogP contribution in [0.3, 0.4) is 0 Å². The fraction of sp³-hybridized carbons (Fsp3) is 0. The SMILES string of the molecule is [B]c1ccc(OC=O)cc1. The van der Waals surface area contributed by atoms with Gasteiger partial charge in [-0.2, -0.15) is 0 Å². The average molecular weight is 132 g/mol. The maximum Gasteiger partial charge on any atom is 0.298 e. The summed E-state index contributed by atoms with van der Waals surface area (Å²) >= 11 is 0. The number of carbonyl (C=O) groups excluding carboxylic acids is 1. The average Bonchev–Trinajstić information content (AvgIpc) is 1.95. The van der Waals surface area contributed by atoms with E-state index >= 15 is 0 Å². The predicted molar refractivity (Wildman–Crippen MR) is 38.5 cm³/mol. The molecule has 0 unspecified atom stereocenters. The highest BCUT2D eigenvalue weighted by Crippen LogP contribution is 2.04. The number of hydrogen-bond acceptors (Lipinski definition) is 2. The molecule has 0 aromatic heterocycles. The fourth-order valence-corrected chi connectivity index (χ4v) is 0.602. The highest BCUT2D eigenvalue weighted by molar-refractivity contribution is 6.32. The van der Waals surface area contributed by atoms with Crippen LogP contribution in [-0.2, 0) is 4.79 Å². The molecule has 0 amide bonds. The Morgan fingerprint density at radius 1 is 1.30 bits per heavy atom. The second-order valence-electron chi connectivity index (χ2n) is 1.78. The molecule has 0 spiro atoms. The third-order valence-electron chi connectivity index (χ3n) is 1.06. The van der Waals surface area contributed by atoms with Crippen LogP contribution in [0.25, 0.3) is 0 Å². The van der Waals surface area contributed by atoms with Gasteiger partial charge in [-0.05, 0) is 12.1 Å². The van der Waals surface area contributed by atoms with Gasteiger partial charge in [-0.1, -0.05) is 17.6 Å². The maximum absolute atomic E-state index is 9.81. The topological polar surface area (TPSA) is 26.3 Å². The van der Waals surface area contributed by atoms with E-state index in [9.17, 15) is 4.79 Å². The Balaban J connectivity index is 2.78. The molecule has 10 heavy (non-hydrogen) atoms. The largest absolute Gasteiger partial charge is 0.429 e. The summed E-state index contributed by atoms with van der Waals surface area (Å²) in [6.07, 6.45) is 0. The molecule has 1 rings (SSSR count). The monoisotopic (exact) mass is 132 g/mol. The molecule has 0 bridgehead atoms. The highest BCUT2D eigenvalue weighted by Gasteiger charge is 1.88. The van der Waals surface area contributed by atoms with E-state index in [4.69, 9.17) is 7.85 Å². The van der Waals surface area contributed by atoms with Crippen LogP contribution in [0.2, 0.25) is 0 Å². The molecule has 0 N–H and O–H groups in total. The van der Waals surface area contributed by atoms with E-state index in [0.29, 0.717) is 17.7 Å². The van der Waals surface area contributed by atoms with E-state index in [1.165, 1.54) is 0 Å². The third kappa shape index (κ3) is 1.62. The minimum absolute atomic E-state index is 0.380. The lowest BCUT2D eigenvalue weighted by Crippen LogP contribution is -1.99. The van der Waals surface area contributed by atoms with E-state index in [1.807, 2.05) is 0 Å². The molecule has 1 aromatic rings. The van der Waals surface area contributed by atoms with Crippen LogP contribution in [0, 0.1) is 0 Å². The van der Waals surface area contributed by atoms with Crippen molar-refractivity contribution in [2.75, 3.05) is 0 Å². The van der Waals surface area contributed by atoms with E-state index < -0.39 is 0 Å². The van der Waals surface area contributed by atoms with Gasteiger partial charge in [0, 0.05) is 0 Å². The molecule has 0 saturated heterocycles. The van der Waals surface area contributed by atoms with Crippen LogP contribution in [-0.4, -0.2) is 14.3 Å². The van der Waals surface area contributed by atoms with Crippen LogP contribution >= 0.6 is 0 Å². The molecule has 0 aliphatic carbocycles. The summed E-state index contributed by atoms with van der Waals surface area (Å²) < 4.78 is 4.52. The van der Waals surface area contributed by atoms with Crippen LogP contribution in [0.1, 0.15) is 0 Å². The van der Waals surface area contributed by atoms with Crippen molar-refractivity contribution in [3.05, 3.63) is 24.3 Å². The van der Waals surface area contributed by atoms with Crippen molar-refractivity contribution in [2.24, 2.45) is 0 Å². The van der Waals surface area contributed by atoms with Gasteiger partial charge in [0.1, 0.15) is 13.6 Å². The number of benzene rings is 1. The summed E-state index contributed by atoms with van der Waals surface area (Å²) in [5.41, 5.74) is 0.651. The maximum atomic E-state index is 9.81. The molecule has 0 fully saturated rings. The van der Waals surface area contributed by atoms with Crippen molar-refractivity contribution in [3.63, 3.8) is 0 Å². The zero-order valence-electron chi connectivity index (χ0n) is 5.28. The predicted octanol–water partition coefficient (Wildman–Crippen LogP) is 0.0156. The smallest absolute Gasteiger partial charge is 0.298 e. The first-order valence-electron chi connectivity index (χ1n) is 2.79. The Labute approximate surface area is 60.2 Å². The van der Waals surface area contributed by atoms with Crippen molar-refractivity contribution >= 4 is 19.8 Å². The van der Waals surface area contributed by atoms with Crippen LogP contribution in [0.15, 0.2) is 24.3 Å². The summed E-state index contributed by atoms with van der Waals surface area (Å²) in [6.45, 7) is 0.380. The lowest BCUT2D eigenvalue weighted by molar-refractivity contribution is -0.120. The Morgan fingerprint density at radius 3 is 2.40 bits per heavy atom. The van der Waals surface area contributed by atoms with E-state index in [0.717, 1.165) is 0 Å². The standard InChI is InChI=1S/C7H5BO2/c8-6-1-3-7(4-2-6)10-5-9/h1-5H. The summed E-state index contributed by atoms with van der Waals surface area (Å²) in [5, 5.41) is 0. The Morgan fingerprint density at radius 2 is 1.90 bits per heavy atom. The van der Waals surface area contributed by atoms with Crippen LogP contribution < -0.4 is 10.2 Å². The lowest BCUT2D eigenvalue weighted by atomic mass is 9.97. The minimum atomic E-state index is 0.380. The van der Waals surface area contributed by atoms with Crippen LogP contribution in [0.5, 0.6) is 5.75 Å². The number of rotatable bonds is 2. The normalized spacial score (nSPS) is 8.80. The molecule has 48 valence electrons. The van der Waals surface area contributed by atoms with E-state index in [2.05, 4.69) is 4.74 Å². The molecule has 0 heterocycles. The Kier molecular flexibility index (Phi) is 2.10. The van der Waals surface area contributed by atoms with E-state index in [-0.39, 0.29) is 0 Å². The van der Waals surface area contributed by atoms with E-state index in [1.54, 1.807) is 24.3 Å². The molecule has 2 radical (unpaired) electrons. The molecule has 0 aliphatic rings. The van der Waals surface area contributed by atoms with Gasteiger partial charge < -0.3 is 4.74 Å². The molecule has 0 atom stereocenters. The lowest BCUT2D eigenvalue weighted by Gasteiger charge is -1.95. The quantitative estimate of drug-likeness (QED) is 0.418. The first kappa shape index (κ1) is 6.87. The molecule has 2 nitrogen and oxygen atoms in total. The molecule has 3 heteroatoms. The van der Waals surface area contributed by atoms with Gasteiger partial charge in [-0.15, -0.1) is 0 Å². The van der Waals surface area contributed by atoms with Gasteiger partial charge in [0.2, 0.25) is 0 Å². The second-order valence-corrected chi connectivity index (χ2v) is 1.78. The van der Waals surface area contributed by atoms with Crippen LogP contribution in [0.4, 0.5) is 0 Å². The van der Waals surface area contributed by atoms with Crippen molar-refractivity contribution in [1.29, 1.82) is 0 Å². The van der Waals surface area contributed by atoms with Gasteiger partial charge in [0.05, 0.1) is 0 Å². The molecular formula is C7H5BO2. The van der Waals surface area contributed by atoms with Gasteiger partial charge in [0.25, 0.3) is 6.47 Å². The molecule has 1 aromatic carbocycles. The number of hydrogen-bond donors (Lipinski definition) is 0. The summed E-state index contributed by atoms with van der Waals surface area (Å²) in [7, 11) is 5.38. The van der Waals surface area contributed by atoms with Crippen molar-refractivity contribution in [1.82, 2.24) is 0 Å². The Hall–Kier alpha value is -1.25. The molecule has 0 aliphatic heterocycles. The molecule has 0 saturated carbocycles. The zero-order valence-corrected chi connectivity index (χ0v) is 5.28. The summed E-state index contributed by atoms with van der Waals surface area (Å²) in [5.74, 6) is 0.504. The van der Waals surface area contributed by atoms with Gasteiger partial charge in [0.15, 0.2) is 0 Å². The highest BCUT2D eigenvalue weighted by atomic mass is 16.5. The van der Waals surface area contributed by atoms with Crippen molar-refractivity contribution in [2.45, 2.75) is 0 Å². The third-order valence-corrected chi connectivity index (χ3v) is 1.06. The van der Waals surface area contributed by atoms with Gasteiger partial charge >= 0.3 is 0 Å². The van der Waals surface area contributed by atoms with Crippen molar-refractivity contribution < 1.29 is 9.53 Å². The van der Waals surface area contributed by atoms with Gasteiger partial charge in [-0.3, -0.25) is 4.79 Å². The minimum Gasteiger partial charge on any atom is -0.429 e. The second kappa shape index (κ2) is 3.06. The van der Waals surface area contributed by atoms with Crippen molar-refractivity contribution in [3.8, 4) is 5.75 Å². The fourth-order valence-electron chi connectivity index (χ4n) is 0.602. The summed E-state index contributed by atoms with van der Waals surface area (Å²) in [4.78, 5) is 9.81. The first-order valence-corrected chi connectivity index (χ1v) is 2.79.